The van der Waals surface area contributed by atoms with E-state index in [1.54, 1.807) is 36.4 Å². The van der Waals surface area contributed by atoms with Crippen LogP contribution in [-0.2, 0) is 4.79 Å². The highest BCUT2D eigenvalue weighted by molar-refractivity contribution is 5.95. The molecule has 1 atom stereocenters. The number of ether oxygens (including phenoxy) is 2. The Balaban J connectivity index is 1.76. The molecule has 0 saturated carbocycles. The van der Waals surface area contributed by atoms with Crippen LogP contribution in [0, 0.1) is 6.92 Å². The highest BCUT2D eigenvalue weighted by atomic mass is 16.5. The lowest BCUT2D eigenvalue weighted by Gasteiger charge is -2.13. The number of carbonyl (C=O) groups is 2. The molecule has 0 aliphatic carbocycles. The van der Waals surface area contributed by atoms with Crippen molar-refractivity contribution in [1.82, 2.24) is 10.9 Å². The molecular weight excluding hydrogens is 332 g/mol. The molecule has 1 unspecified atom stereocenters. The van der Waals surface area contributed by atoms with Crippen molar-refractivity contribution in [3.8, 4) is 11.5 Å². The summed E-state index contributed by atoms with van der Waals surface area (Å²) in [5, 5.41) is 0. The quantitative estimate of drug-likeness (QED) is 0.748. The van der Waals surface area contributed by atoms with Gasteiger partial charge in [0, 0.05) is 5.56 Å². The number of hydrogen-bond acceptors (Lipinski definition) is 4. The summed E-state index contributed by atoms with van der Waals surface area (Å²) in [6.45, 7) is 5.80. The summed E-state index contributed by atoms with van der Waals surface area (Å²) in [6.07, 6.45) is 1.02. The van der Waals surface area contributed by atoms with Crippen molar-refractivity contribution in [3.05, 3.63) is 59.7 Å². The molecule has 138 valence electrons. The Morgan fingerprint density at radius 1 is 0.962 bits per heavy atom. The molecule has 6 heteroatoms. The van der Waals surface area contributed by atoms with Crippen LogP contribution in [0.1, 0.15) is 36.2 Å². The Morgan fingerprint density at radius 2 is 1.58 bits per heavy atom. The molecular formula is C20H24N2O4. The van der Waals surface area contributed by atoms with Gasteiger partial charge in [-0.2, -0.15) is 0 Å². The van der Waals surface area contributed by atoms with Gasteiger partial charge in [0.15, 0.2) is 6.61 Å². The van der Waals surface area contributed by atoms with Gasteiger partial charge in [0.05, 0.1) is 6.10 Å². The van der Waals surface area contributed by atoms with Crippen molar-refractivity contribution in [3.63, 3.8) is 0 Å². The van der Waals surface area contributed by atoms with Crippen LogP contribution >= 0.6 is 0 Å². The van der Waals surface area contributed by atoms with Gasteiger partial charge in [-0.1, -0.05) is 24.6 Å². The van der Waals surface area contributed by atoms with Crippen LogP contribution in [0.3, 0.4) is 0 Å². The summed E-state index contributed by atoms with van der Waals surface area (Å²) in [5.74, 6) is 0.430. The zero-order valence-electron chi connectivity index (χ0n) is 15.2. The van der Waals surface area contributed by atoms with Crippen molar-refractivity contribution in [1.29, 1.82) is 0 Å². The first-order valence-corrected chi connectivity index (χ1v) is 8.53. The maximum atomic E-state index is 12.0. The number of amides is 2. The number of hydrogen-bond donors (Lipinski definition) is 2. The molecule has 0 aliphatic heterocycles. The predicted molar refractivity (Wildman–Crippen MR) is 99.1 cm³/mol. The molecule has 0 radical (unpaired) electrons. The molecule has 0 bridgehead atoms. The Labute approximate surface area is 153 Å². The third kappa shape index (κ3) is 6.12. The van der Waals surface area contributed by atoms with E-state index in [-0.39, 0.29) is 12.7 Å². The molecule has 26 heavy (non-hydrogen) atoms. The Bertz CT molecular complexity index is 726. The summed E-state index contributed by atoms with van der Waals surface area (Å²) in [7, 11) is 0. The van der Waals surface area contributed by atoms with Gasteiger partial charge < -0.3 is 9.47 Å². The maximum Gasteiger partial charge on any atom is 0.276 e. The first-order valence-electron chi connectivity index (χ1n) is 8.53. The van der Waals surface area contributed by atoms with Crippen molar-refractivity contribution < 1.29 is 19.1 Å². The minimum atomic E-state index is -0.448. The van der Waals surface area contributed by atoms with E-state index in [1.807, 2.05) is 32.9 Å². The van der Waals surface area contributed by atoms with Crippen molar-refractivity contribution in [2.24, 2.45) is 0 Å². The average molecular weight is 356 g/mol. The summed E-state index contributed by atoms with van der Waals surface area (Å²) < 4.78 is 11.0. The summed E-state index contributed by atoms with van der Waals surface area (Å²) >= 11 is 0. The van der Waals surface area contributed by atoms with Crippen LogP contribution in [0.15, 0.2) is 48.5 Å². The molecule has 2 amide bonds. The first kappa shape index (κ1) is 19.3. The highest BCUT2D eigenvalue weighted by Gasteiger charge is 2.09. The third-order valence-corrected chi connectivity index (χ3v) is 3.74. The fourth-order valence-corrected chi connectivity index (χ4v) is 2.02. The van der Waals surface area contributed by atoms with Crippen molar-refractivity contribution in [2.75, 3.05) is 6.61 Å². The zero-order valence-corrected chi connectivity index (χ0v) is 15.2. The molecule has 0 fully saturated rings. The zero-order chi connectivity index (χ0) is 18.9. The monoisotopic (exact) mass is 356 g/mol. The van der Waals surface area contributed by atoms with Crippen LogP contribution in [0.5, 0.6) is 11.5 Å². The van der Waals surface area contributed by atoms with E-state index in [0.29, 0.717) is 17.1 Å². The normalized spacial score (nSPS) is 11.3. The second-order valence-electron chi connectivity index (χ2n) is 5.97. The third-order valence-electron chi connectivity index (χ3n) is 3.74. The molecule has 6 nitrogen and oxygen atoms in total. The van der Waals surface area contributed by atoms with Gasteiger partial charge in [-0.25, -0.2) is 0 Å². The van der Waals surface area contributed by atoms with E-state index in [4.69, 9.17) is 9.47 Å². The molecule has 0 spiro atoms. The minimum absolute atomic E-state index is 0.113. The Kier molecular flexibility index (Phi) is 7.02. The molecule has 0 aliphatic rings. The molecule has 0 heterocycles. The fraction of sp³-hybridized carbons (Fsp3) is 0.300. The molecule has 2 aromatic rings. The lowest BCUT2D eigenvalue weighted by Crippen LogP contribution is -2.43. The van der Waals surface area contributed by atoms with Gasteiger partial charge in [-0.3, -0.25) is 20.4 Å². The molecule has 0 saturated heterocycles. The van der Waals surface area contributed by atoms with Gasteiger partial charge in [0.1, 0.15) is 11.5 Å². The number of aryl methyl sites for hydroxylation is 1. The second-order valence-corrected chi connectivity index (χ2v) is 5.97. The van der Waals surface area contributed by atoms with E-state index in [9.17, 15) is 9.59 Å². The minimum Gasteiger partial charge on any atom is -0.491 e. The number of benzene rings is 2. The van der Waals surface area contributed by atoms with E-state index >= 15 is 0 Å². The Morgan fingerprint density at radius 3 is 2.19 bits per heavy atom. The first-order chi connectivity index (χ1) is 12.5. The van der Waals surface area contributed by atoms with E-state index < -0.39 is 11.8 Å². The topological polar surface area (TPSA) is 76.7 Å². The average Bonchev–Trinajstić information content (AvgIpc) is 2.66. The van der Waals surface area contributed by atoms with E-state index in [0.717, 1.165) is 12.0 Å². The lowest BCUT2D eigenvalue weighted by molar-refractivity contribution is -0.123. The molecule has 2 N–H and O–H groups in total. The maximum absolute atomic E-state index is 12.0. The fourth-order valence-electron chi connectivity index (χ4n) is 2.02. The van der Waals surface area contributed by atoms with Gasteiger partial charge >= 0.3 is 0 Å². The largest absolute Gasteiger partial charge is 0.491 e. The van der Waals surface area contributed by atoms with Gasteiger partial charge in [0.2, 0.25) is 0 Å². The molecule has 2 aromatic carbocycles. The lowest BCUT2D eigenvalue weighted by atomic mass is 10.2. The number of rotatable bonds is 7. The highest BCUT2D eigenvalue weighted by Crippen LogP contribution is 2.15. The van der Waals surface area contributed by atoms with Crippen LogP contribution in [0.2, 0.25) is 0 Å². The molecule has 2 rings (SSSR count). The van der Waals surface area contributed by atoms with Crippen LogP contribution < -0.4 is 20.3 Å². The van der Waals surface area contributed by atoms with Crippen molar-refractivity contribution >= 4 is 11.8 Å². The number of hydrazine groups is 1. The van der Waals surface area contributed by atoms with Gasteiger partial charge in [-0.05, 0) is 56.7 Å². The van der Waals surface area contributed by atoms with Crippen LogP contribution in [0.25, 0.3) is 0 Å². The van der Waals surface area contributed by atoms with Crippen LogP contribution in [0.4, 0.5) is 0 Å². The summed E-state index contributed by atoms with van der Waals surface area (Å²) in [6, 6.07) is 14.1. The summed E-state index contributed by atoms with van der Waals surface area (Å²) in [4.78, 5) is 23.8. The predicted octanol–water partition coefficient (Wildman–Crippen LogP) is 3.01. The van der Waals surface area contributed by atoms with E-state index in [1.165, 1.54) is 0 Å². The van der Waals surface area contributed by atoms with Crippen molar-refractivity contribution in [2.45, 2.75) is 33.3 Å². The number of carbonyl (C=O) groups excluding carboxylic acids is 2. The van der Waals surface area contributed by atoms with Gasteiger partial charge in [0.25, 0.3) is 11.8 Å². The number of nitrogens with one attached hydrogen (secondary N) is 2. The smallest absolute Gasteiger partial charge is 0.276 e. The molecule has 0 aromatic heterocycles. The Hall–Kier alpha value is -3.02. The second kappa shape index (κ2) is 9.46. The summed E-state index contributed by atoms with van der Waals surface area (Å²) in [5.41, 5.74) is 6.20. The SMILES string of the molecule is CCC(C)Oc1ccc(C(=O)NNC(=O)COc2ccc(C)cc2)cc1. The van der Waals surface area contributed by atoms with Gasteiger partial charge in [-0.15, -0.1) is 0 Å². The van der Waals surface area contributed by atoms with Crippen LogP contribution in [-0.4, -0.2) is 24.5 Å². The standard InChI is InChI=1S/C20H24N2O4/c1-4-15(3)26-18-11-7-16(8-12-18)20(24)22-21-19(23)13-25-17-9-5-14(2)6-10-17/h5-12,15H,4,13H2,1-3H3,(H,21,23)(H,22,24). The van der Waals surface area contributed by atoms with E-state index in [2.05, 4.69) is 10.9 Å².